The first-order valence-electron chi connectivity index (χ1n) is 11.4. The van der Waals surface area contributed by atoms with Gasteiger partial charge in [-0.3, -0.25) is 14.4 Å². The van der Waals surface area contributed by atoms with E-state index in [1.807, 2.05) is 0 Å². The quantitative estimate of drug-likeness (QED) is 0.459. The third-order valence-electron chi connectivity index (χ3n) is 7.54. The topological polar surface area (TPSA) is 110 Å². The zero-order valence-corrected chi connectivity index (χ0v) is 19.8. The number of ether oxygens (including phenoxy) is 1. The summed E-state index contributed by atoms with van der Waals surface area (Å²) in [6.07, 6.45) is 1.13. The summed E-state index contributed by atoms with van der Waals surface area (Å²) in [4.78, 5) is 39.1. The molecule has 1 saturated carbocycles. The maximum Gasteiger partial charge on any atom is 0.294 e. The Kier molecular flexibility index (Phi) is 6.35. The first kappa shape index (κ1) is 24.1. The van der Waals surface area contributed by atoms with Gasteiger partial charge in [-0.15, -0.1) is 0 Å². The molecule has 1 aliphatic carbocycles. The fourth-order valence-electron chi connectivity index (χ4n) is 5.28. The molecule has 2 aliphatic rings. The summed E-state index contributed by atoms with van der Waals surface area (Å²) < 4.78 is 20.5. The van der Waals surface area contributed by atoms with E-state index in [2.05, 4.69) is 10.6 Å². The summed E-state index contributed by atoms with van der Waals surface area (Å²) in [7, 11) is 1.63. The van der Waals surface area contributed by atoms with Crippen molar-refractivity contribution in [3.05, 3.63) is 52.1 Å². The first-order chi connectivity index (χ1) is 16.1. The molecular weight excluding hydrogens is 441 g/mol. The van der Waals surface area contributed by atoms with Crippen molar-refractivity contribution in [2.45, 2.75) is 52.2 Å². The minimum Gasteiger partial charge on any atom is -0.392 e. The van der Waals surface area contributed by atoms with Crippen LogP contribution in [0.15, 0.2) is 18.2 Å². The highest BCUT2D eigenvalue weighted by Gasteiger charge is 2.55. The van der Waals surface area contributed by atoms with Gasteiger partial charge in [0.05, 0.1) is 17.4 Å². The number of halogens is 1. The van der Waals surface area contributed by atoms with Crippen LogP contribution in [0.2, 0.25) is 0 Å². The Hall–Kier alpha value is -3.04. The molecule has 1 saturated heterocycles. The summed E-state index contributed by atoms with van der Waals surface area (Å²) in [5, 5.41) is 15.9. The van der Waals surface area contributed by atoms with Gasteiger partial charge in [0.2, 0.25) is 0 Å². The van der Waals surface area contributed by atoms with Crippen molar-refractivity contribution in [1.29, 1.82) is 0 Å². The van der Waals surface area contributed by atoms with Crippen LogP contribution in [0.4, 0.5) is 10.1 Å². The van der Waals surface area contributed by atoms with Gasteiger partial charge in [0.25, 0.3) is 17.6 Å². The molecule has 1 aromatic heterocycles. The van der Waals surface area contributed by atoms with Crippen LogP contribution in [0.25, 0.3) is 0 Å². The molecule has 4 rings (SSSR count). The molecule has 3 N–H and O–H groups in total. The number of hydrogen-bond donors (Lipinski definition) is 3. The van der Waals surface area contributed by atoms with Gasteiger partial charge in [-0.25, -0.2) is 4.39 Å². The number of rotatable bonds is 5. The second-order valence-electron chi connectivity index (χ2n) is 9.36. The number of nitrogens with zero attached hydrogens (tertiary/aromatic N) is 1. The lowest BCUT2D eigenvalue weighted by Crippen LogP contribution is -2.66. The summed E-state index contributed by atoms with van der Waals surface area (Å²) in [6, 6.07) is 3.97. The van der Waals surface area contributed by atoms with Gasteiger partial charge in [0, 0.05) is 43.1 Å². The fraction of sp³-hybridized carbons (Fsp3) is 0.480. The standard InChI is InChI=1S/C25H30FN3O5/c1-13-11-16(5-6-17(13)26)27-23(32)20-14(2)21(29(4)15(20)3)22(31)24(33)28-18-12-19(30)25(18)7-9-34-10-8-25/h5-6,11,18-19,30H,7-10,12H2,1-4H3,(H,27,32)(H,28,33)/t18-,19-/m0/s1. The molecule has 1 aromatic carbocycles. The Labute approximate surface area is 197 Å². The largest absolute Gasteiger partial charge is 0.392 e. The van der Waals surface area contributed by atoms with Crippen molar-refractivity contribution < 1.29 is 28.6 Å². The SMILES string of the molecule is Cc1cc(NC(=O)c2c(C)c(C(=O)C(=O)N[C@H]3C[C@H](O)C34CCOCC4)n(C)c2C)ccc1F. The summed E-state index contributed by atoms with van der Waals surface area (Å²) >= 11 is 0. The lowest BCUT2D eigenvalue weighted by Gasteiger charge is -2.55. The molecule has 2 atom stereocenters. The van der Waals surface area contributed by atoms with E-state index in [1.54, 1.807) is 32.4 Å². The van der Waals surface area contributed by atoms with Crippen LogP contribution in [0.1, 0.15) is 56.9 Å². The first-order valence-corrected chi connectivity index (χ1v) is 11.4. The average Bonchev–Trinajstić information content (AvgIpc) is 3.04. The van der Waals surface area contributed by atoms with E-state index >= 15 is 0 Å². The number of aliphatic hydroxyl groups is 1. The summed E-state index contributed by atoms with van der Waals surface area (Å²) in [5.74, 6) is -2.30. The zero-order chi connectivity index (χ0) is 24.8. The molecule has 34 heavy (non-hydrogen) atoms. The average molecular weight is 472 g/mol. The van der Waals surface area contributed by atoms with E-state index in [0.717, 1.165) is 0 Å². The van der Waals surface area contributed by atoms with Crippen molar-refractivity contribution in [3.63, 3.8) is 0 Å². The molecule has 182 valence electrons. The molecule has 2 aromatic rings. The number of aromatic nitrogens is 1. The fourth-order valence-corrected chi connectivity index (χ4v) is 5.28. The summed E-state index contributed by atoms with van der Waals surface area (Å²) in [6.45, 7) is 5.96. The van der Waals surface area contributed by atoms with Crippen LogP contribution in [0, 0.1) is 32.0 Å². The Balaban J connectivity index is 1.53. The molecule has 1 aliphatic heterocycles. The van der Waals surface area contributed by atoms with Crippen LogP contribution in [-0.2, 0) is 16.6 Å². The number of amides is 2. The minimum absolute atomic E-state index is 0.135. The maximum absolute atomic E-state index is 13.6. The van der Waals surface area contributed by atoms with Crippen molar-refractivity contribution in [3.8, 4) is 0 Å². The van der Waals surface area contributed by atoms with Gasteiger partial charge < -0.3 is 25.0 Å². The van der Waals surface area contributed by atoms with Gasteiger partial charge in [-0.2, -0.15) is 0 Å². The lowest BCUT2D eigenvalue weighted by atomic mass is 9.58. The number of benzene rings is 1. The summed E-state index contributed by atoms with van der Waals surface area (Å²) in [5.41, 5.74) is 1.73. The number of ketones is 1. The zero-order valence-electron chi connectivity index (χ0n) is 19.8. The number of aryl methyl sites for hydroxylation is 1. The molecule has 2 heterocycles. The molecule has 0 unspecified atom stereocenters. The molecule has 0 bridgehead atoms. The monoisotopic (exact) mass is 471 g/mol. The predicted octanol–water partition coefficient (Wildman–Crippen LogP) is 2.57. The molecular formula is C25H30FN3O5. The van der Waals surface area contributed by atoms with E-state index in [1.165, 1.54) is 18.2 Å². The van der Waals surface area contributed by atoms with Crippen molar-refractivity contribution in [2.24, 2.45) is 12.5 Å². The van der Waals surface area contributed by atoms with Crippen molar-refractivity contribution in [2.75, 3.05) is 18.5 Å². The third-order valence-corrected chi connectivity index (χ3v) is 7.54. The van der Waals surface area contributed by atoms with Gasteiger partial charge >= 0.3 is 0 Å². The highest BCUT2D eigenvalue weighted by Crippen LogP contribution is 2.49. The Morgan fingerprint density at radius 3 is 2.47 bits per heavy atom. The second kappa shape index (κ2) is 8.96. The Morgan fingerprint density at radius 2 is 1.85 bits per heavy atom. The van der Waals surface area contributed by atoms with E-state index in [0.29, 0.717) is 60.5 Å². The van der Waals surface area contributed by atoms with Crippen LogP contribution in [0.5, 0.6) is 0 Å². The second-order valence-corrected chi connectivity index (χ2v) is 9.36. The van der Waals surface area contributed by atoms with Crippen LogP contribution < -0.4 is 10.6 Å². The van der Waals surface area contributed by atoms with Gasteiger partial charge in [-0.1, -0.05) is 0 Å². The number of anilines is 1. The highest BCUT2D eigenvalue weighted by molar-refractivity contribution is 6.43. The number of carbonyl (C=O) groups excluding carboxylic acids is 3. The van der Waals surface area contributed by atoms with Crippen LogP contribution in [0.3, 0.4) is 0 Å². The smallest absolute Gasteiger partial charge is 0.294 e. The van der Waals surface area contributed by atoms with E-state index in [4.69, 9.17) is 4.74 Å². The number of carbonyl (C=O) groups is 3. The molecule has 1 spiro atoms. The van der Waals surface area contributed by atoms with Gasteiger partial charge in [0.15, 0.2) is 0 Å². The Morgan fingerprint density at radius 1 is 1.18 bits per heavy atom. The van der Waals surface area contributed by atoms with Crippen molar-refractivity contribution in [1.82, 2.24) is 9.88 Å². The maximum atomic E-state index is 13.6. The van der Waals surface area contributed by atoms with Crippen LogP contribution in [-0.4, -0.2) is 52.6 Å². The predicted molar refractivity (Wildman–Crippen MR) is 123 cm³/mol. The van der Waals surface area contributed by atoms with Crippen LogP contribution >= 0.6 is 0 Å². The number of hydrogen-bond acceptors (Lipinski definition) is 5. The molecule has 9 heteroatoms. The molecule has 2 fully saturated rings. The number of nitrogens with one attached hydrogen (secondary N) is 2. The van der Waals surface area contributed by atoms with Crippen molar-refractivity contribution >= 4 is 23.3 Å². The van der Waals surface area contributed by atoms with Gasteiger partial charge in [0.1, 0.15) is 5.82 Å². The van der Waals surface area contributed by atoms with E-state index < -0.39 is 29.1 Å². The third kappa shape index (κ3) is 3.92. The normalized spacial score (nSPS) is 21.1. The molecule has 0 radical (unpaired) electrons. The van der Waals surface area contributed by atoms with E-state index in [9.17, 15) is 23.9 Å². The van der Waals surface area contributed by atoms with E-state index in [-0.39, 0.29) is 17.6 Å². The number of aliphatic hydroxyl groups excluding tert-OH is 1. The highest BCUT2D eigenvalue weighted by atomic mass is 19.1. The molecule has 8 nitrogen and oxygen atoms in total. The minimum atomic E-state index is -0.757. The lowest BCUT2D eigenvalue weighted by molar-refractivity contribution is -0.154. The Bertz CT molecular complexity index is 1170. The molecule has 2 amide bonds. The van der Waals surface area contributed by atoms with Gasteiger partial charge in [-0.05, 0) is 69.4 Å². The number of Topliss-reactive ketones (excluding diaryl/α,β-unsaturated/α-hetero) is 1.